The number of piperidine rings is 1. The molecule has 2 heterocycles. The minimum Gasteiger partial charge on any atom is -0.339 e. The van der Waals surface area contributed by atoms with Crippen LogP contribution in [-0.2, 0) is 4.79 Å². The van der Waals surface area contributed by atoms with Crippen LogP contribution >= 0.6 is 0 Å². The molecule has 22 heavy (non-hydrogen) atoms. The molecule has 0 aliphatic carbocycles. The van der Waals surface area contributed by atoms with Crippen LogP contribution in [0.2, 0.25) is 0 Å². The summed E-state index contributed by atoms with van der Waals surface area (Å²) in [7, 11) is 0. The van der Waals surface area contributed by atoms with Crippen molar-refractivity contribution in [2.24, 2.45) is 0 Å². The van der Waals surface area contributed by atoms with Crippen LogP contribution < -0.4 is 0 Å². The average Bonchev–Trinajstić information content (AvgIpc) is 3.00. The van der Waals surface area contributed by atoms with Crippen molar-refractivity contribution in [2.75, 3.05) is 13.1 Å². The fourth-order valence-corrected chi connectivity index (χ4v) is 2.69. The summed E-state index contributed by atoms with van der Waals surface area (Å²) < 4.78 is 5.24. The molecule has 0 N–H and O–H groups in total. The molecule has 0 saturated carbocycles. The number of amides is 1. The lowest BCUT2D eigenvalue weighted by atomic mass is 9.98. The molecule has 1 atom stereocenters. The van der Waals surface area contributed by atoms with E-state index < -0.39 is 0 Å². The van der Waals surface area contributed by atoms with Gasteiger partial charge in [-0.1, -0.05) is 35.5 Å². The van der Waals surface area contributed by atoms with Crippen LogP contribution in [0.25, 0.3) is 6.08 Å². The predicted octanol–water partition coefficient (Wildman–Crippen LogP) is 2.80. The highest BCUT2D eigenvalue weighted by atomic mass is 16.5. The minimum atomic E-state index is 0.0322. The predicted molar refractivity (Wildman–Crippen MR) is 83.1 cm³/mol. The maximum atomic E-state index is 12.3. The van der Waals surface area contributed by atoms with Crippen molar-refractivity contribution in [2.45, 2.75) is 25.7 Å². The van der Waals surface area contributed by atoms with Crippen molar-refractivity contribution in [3.8, 4) is 0 Å². The van der Waals surface area contributed by atoms with Gasteiger partial charge in [0.2, 0.25) is 11.8 Å². The maximum absolute atomic E-state index is 12.3. The molecule has 0 bridgehead atoms. The number of carbonyl (C=O) groups excluding carboxylic acids is 1. The second-order valence-electron chi connectivity index (χ2n) is 5.55. The summed E-state index contributed by atoms with van der Waals surface area (Å²) in [6, 6.07) is 9.83. The van der Waals surface area contributed by atoms with Gasteiger partial charge in [0, 0.05) is 19.2 Å². The first-order valence-corrected chi connectivity index (χ1v) is 7.54. The van der Waals surface area contributed by atoms with Crippen molar-refractivity contribution < 1.29 is 9.32 Å². The van der Waals surface area contributed by atoms with E-state index in [2.05, 4.69) is 10.1 Å². The number of hydrogen-bond acceptors (Lipinski definition) is 4. The fourth-order valence-electron chi connectivity index (χ4n) is 2.69. The molecule has 0 radical (unpaired) electrons. The van der Waals surface area contributed by atoms with E-state index in [4.69, 9.17) is 4.52 Å². The SMILES string of the molecule is Cc1noc([C@@H]2CCCN(C(=O)/C=C/c3ccccc3)C2)n1. The van der Waals surface area contributed by atoms with Crippen molar-refractivity contribution in [3.63, 3.8) is 0 Å². The lowest BCUT2D eigenvalue weighted by Crippen LogP contribution is -2.38. The quantitative estimate of drug-likeness (QED) is 0.817. The Hall–Kier alpha value is -2.43. The van der Waals surface area contributed by atoms with Crippen molar-refractivity contribution >= 4 is 12.0 Å². The zero-order valence-electron chi connectivity index (χ0n) is 12.6. The summed E-state index contributed by atoms with van der Waals surface area (Å²) in [5.41, 5.74) is 1.02. The molecular weight excluding hydrogens is 278 g/mol. The Morgan fingerprint density at radius 1 is 1.36 bits per heavy atom. The number of carbonyl (C=O) groups is 1. The highest BCUT2D eigenvalue weighted by Crippen LogP contribution is 2.25. The average molecular weight is 297 g/mol. The summed E-state index contributed by atoms with van der Waals surface area (Å²) in [5, 5.41) is 3.83. The Balaban J connectivity index is 1.64. The van der Waals surface area contributed by atoms with Crippen LogP contribution in [0.1, 0.15) is 36.0 Å². The molecule has 1 amide bonds. The molecule has 5 nitrogen and oxygen atoms in total. The molecular formula is C17H19N3O2. The van der Waals surface area contributed by atoms with Gasteiger partial charge in [0.25, 0.3) is 0 Å². The molecule has 2 aromatic rings. The summed E-state index contributed by atoms with van der Waals surface area (Å²) in [6.45, 7) is 3.22. The molecule has 3 rings (SSSR count). The number of aryl methyl sites for hydroxylation is 1. The van der Waals surface area contributed by atoms with Crippen molar-refractivity contribution in [1.82, 2.24) is 15.0 Å². The Bertz CT molecular complexity index is 664. The lowest BCUT2D eigenvalue weighted by Gasteiger charge is -2.30. The van der Waals surface area contributed by atoms with Crippen molar-refractivity contribution in [1.29, 1.82) is 0 Å². The molecule has 1 fully saturated rings. The number of hydrogen-bond donors (Lipinski definition) is 0. The van der Waals surface area contributed by atoms with E-state index in [9.17, 15) is 4.79 Å². The van der Waals surface area contributed by atoms with Crippen LogP contribution in [0.3, 0.4) is 0 Å². The summed E-state index contributed by atoms with van der Waals surface area (Å²) in [5.74, 6) is 1.46. The summed E-state index contributed by atoms with van der Waals surface area (Å²) in [6.07, 6.45) is 5.42. The Morgan fingerprint density at radius 2 is 2.18 bits per heavy atom. The van der Waals surface area contributed by atoms with Gasteiger partial charge in [0.1, 0.15) is 0 Å². The summed E-state index contributed by atoms with van der Waals surface area (Å²) in [4.78, 5) is 18.5. The molecule has 114 valence electrons. The number of aromatic nitrogens is 2. The fraction of sp³-hybridized carbons (Fsp3) is 0.353. The van der Waals surface area contributed by atoms with E-state index in [1.165, 1.54) is 0 Å². The maximum Gasteiger partial charge on any atom is 0.246 e. The third-order valence-electron chi connectivity index (χ3n) is 3.84. The van der Waals surface area contributed by atoms with Gasteiger partial charge in [-0.15, -0.1) is 0 Å². The van der Waals surface area contributed by atoms with Crippen molar-refractivity contribution in [3.05, 3.63) is 53.7 Å². The van der Waals surface area contributed by atoms with Crippen LogP contribution in [0.15, 0.2) is 40.9 Å². The van der Waals surface area contributed by atoms with Gasteiger partial charge >= 0.3 is 0 Å². The van der Waals surface area contributed by atoms with Crippen LogP contribution in [-0.4, -0.2) is 34.0 Å². The number of nitrogens with zero attached hydrogens (tertiary/aromatic N) is 3. The first kappa shape index (κ1) is 14.5. The molecule has 1 saturated heterocycles. The highest BCUT2D eigenvalue weighted by molar-refractivity contribution is 5.91. The Morgan fingerprint density at radius 3 is 2.91 bits per heavy atom. The second-order valence-corrected chi connectivity index (χ2v) is 5.55. The molecule has 1 aliphatic heterocycles. The standard InChI is InChI=1S/C17H19N3O2/c1-13-18-17(22-19-13)15-8-5-11-20(12-15)16(21)10-9-14-6-3-2-4-7-14/h2-4,6-7,9-10,15H,5,8,11-12H2,1H3/b10-9+/t15-/m1/s1. The molecule has 0 spiro atoms. The van der Waals surface area contributed by atoms with Crippen LogP contribution in [0.5, 0.6) is 0 Å². The number of likely N-dealkylation sites (tertiary alicyclic amines) is 1. The highest BCUT2D eigenvalue weighted by Gasteiger charge is 2.27. The molecule has 1 aromatic heterocycles. The third-order valence-corrected chi connectivity index (χ3v) is 3.84. The second kappa shape index (κ2) is 6.56. The normalized spacial score (nSPS) is 18.8. The topological polar surface area (TPSA) is 59.2 Å². The first-order chi connectivity index (χ1) is 10.7. The van der Waals surface area contributed by atoms with Gasteiger partial charge in [0.15, 0.2) is 5.82 Å². The Labute approximate surface area is 129 Å². The van der Waals surface area contributed by atoms with E-state index in [0.29, 0.717) is 18.3 Å². The third kappa shape index (κ3) is 3.42. The molecule has 0 unspecified atom stereocenters. The Kier molecular flexibility index (Phi) is 4.32. The lowest BCUT2D eigenvalue weighted by molar-refractivity contribution is -0.127. The smallest absolute Gasteiger partial charge is 0.246 e. The van der Waals surface area contributed by atoms with Gasteiger partial charge < -0.3 is 9.42 Å². The minimum absolute atomic E-state index is 0.0322. The van der Waals surface area contributed by atoms with E-state index in [1.54, 1.807) is 13.0 Å². The summed E-state index contributed by atoms with van der Waals surface area (Å²) >= 11 is 0. The zero-order chi connectivity index (χ0) is 15.4. The van der Waals surface area contributed by atoms with Crippen LogP contribution in [0, 0.1) is 6.92 Å². The number of rotatable bonds is 3. The van der Waals surface area contributed by atoms with Gasteiger partial charge in [-0.25, -0.2) is 0 Å². The zero-order valence-corrected chi connectivity index (χ0v) is 12.6. The number of benzene rings is 1. The first-order valence-electron chi connectivity index (χ1n) is 7.54. The van der Waals surface area contributed by atoms with E-state index in [0.717, 1.165) is 24.9 Å². The van der Waals surface area contributed by atoms with E-state index in [1.807, 2.05) is 41.3 Å². The molecule has 5 heteroatoms. The largest absolute Gasteiger partial charge is 0.339 e. The van der Waals surface area contributed by atoms with Gasteiger partial charge in [-0.3, -0.25) is 4.79 Å². The molecule has 1 aliphatic rings. The molecule has 1 aromatic carbocycles. The van der Waals surface area contributed by atoms with Gasteiger partial charge in [-0.05, 0) is 31.4 Å². The van der Waals surface area contributed by atoms with Gasteiger partial charge in [0.05, 0.1) is 5.92 Å². The van der Waals surface area contributed by atoms with Gasteiger partial charge in [-0.2, -0.15) is 4.98 Å². The van der Waals surface area contributed by atoms with E-state index >= 15 is 0 Å². The monoisotopic (exact) mass is 297 g/mol. The van der Waals surface area contributed by atoms with E-state index in [-0.39, 0.29) is 11.8 Å². The van der Waals surface area contributed by atoms with Crippen LogP contribution in [0.4, 0.5) is 0 Å².